The van der Waals surface area contributed by atoms with Gasteiger partial charge in [-0.05, 0) is 44.0 Å². The molecule has 2 aromatic heterocycles. The van der Waals surface area contributed by atoms with E-state index in [9.17, 15) is 4.79 Å². The maximum atomic E-state index is 12.8. The Balaban J connectivity index is 1.07. The first-order valence-corrected chi connectivity index (χ1v) is 12.1. The standard InChI is InChI=1S/C27H30N6O2/c1-20-5-7-23(8-6-20)26-30-25(35-31-26)18-32-12-9-24(10-13-32)27(34)29-16-21-3-2-4-22(15-21)17-33-14-11-28-19-33/h2-8,11,14-15,19,24H,9-10,12-13,16-18H2,1H3,(H,29,34). The second kappa shape index (κ2) is 10.7. The van der Waals surface area contributed by atoms with Crippen LogP contribution in [0.1, 0.15) is 35.4 Å². The fourth-order valence-corrected chi connectivity index (χ4v) is 4.45. The summed E-state index contributed by atoms with van der Waals surface area (Å²) in [5.41, 5.74) is 4.44. The molecule has 5 rings (SSSR count). The Labute approximate surface area is 205 Å². The Morgan fingerprint density at radius 2 is 1.89 bits per heavy atom. The van der Waals surface area contributed by atoms with Gasteiger partial charge in [0.2, 0.25) is 17.6 Å². The second-order valence-electron chi connectivity index (χ2n) is 9.20. The lowest BCUT2D eigenvalue weighted by Crippen LogP contribution is -2.40. The molecule has 0 aliphatic carbocycles. The van der Waals surface area contributed by atoms with Crippen LogP contribution in [0.15, 0.2) is 71.8 Å². The van der Waals surface area contributed by atoms with Crippen LogP contribution >= 0.6 is 0 Å². The first-order valence-electron chi connectivity index (χ1n) is 12.1. The molecule has 180 valence electrons. The Kier molecular flexibility index (Phi) is 6.99. The Morgan fingerprint density at radius 1 is 1.09 bits per heavy atom. The van der Waals surface area contributed by atoms with Crippen molar-refractivity contribution in [2.24, 2.45) is 5.92 Å². The topological polar surface area (TPSA) is 89.1 Å². The number of hydrogen-bond donors (Lipinski definition) is 1. The van der Waals surface area contributed by atoms with Crippen LogP contribution in [0, 0.1) is 12.8 Å². The van der Waals surface area contributed by atoms with Crippen LogP contribution in [0.2, 0.25) is 0 Å². The molecule has 2 aromatic carbocycles. The van der Waals surface area contributed by atoms with Gasteiger partial charge < -0.3 is 14.4 Å². The van der Waals surface area contributed by atoms with Gasteiger partial charge in [-0.25, -0.2) is 4.98 Å². The van der Waals surface area contributed by atoms with Crippen LogP contribution in [0.5, 0.6) is 0 Å². The Hall–Kier alpha value is -3.78. The van der Waals surface area contributed by atoms with Crippen molar-refractivity contribution in [3.8, 4) is 11.4 Å². The van der Waals surface area contributed by atoms with Crippen LogP contribution in [-0.2, 0) is 24.4 Å². The summed E-state index contributed by atoms with van der Waals surface area (Å²) in [6.45, 7) is 5.64. The van der Waals surface area contributed by atoms with Gasteiger partial charge in [0, 0.05) is 37.0 Å². The predicted molar refractivity (Wildman–Crippen MR) is 132 cm³/mol. The van der Waals surface area contributed by atoms with E-state index >= 15 is 0 Å². The molecule has 0 unspecified atom stereocenters. The highest BCUT2D eigenvalue weighted by Crippen LogP contribution is 2.21. The fraction of sp³-hybridized carbons (Fsp3) is 0.333. The number of benzene rings is 2. The van der Waals surface area contributed by atoms with Crippen LogP contribution in [0.25, 0.3) is 11.4 Å². The van der Waals surface area contributed by atoms with Crippen LogP contribution in [0.3, 0.4) is 0 Å². The van der Waals surface area contributed by atoms with Crippen molar-refractivity contribution in [1.29, 1.82) is 0 Å². The summed E-state index contributed by atoms with van der Waals surface area (Å²) in [7, 11) is 0. The van der Waals surface area contributed by atoms with Gasteiger partial charge in [0.1, 0.15) is 0 Å². The SMILES string of the molecule is Cc1ccc(-c2noc(CN3CCC(C(=O)NCc4cccc(Cn5ccnc5)c4)CC3)n2)cc1. The van der Waals surface area contributed by atoms with Crippen molar-refractivity contribution in [2.75, 3.05) is 13.1 Å². The third-order valence-electron chi connectivity index (χ3n) is 6.48. The lowest BCUT2D eigenvalue weighted by molar-refractivity contribution is -0.126. The molecule has 8 heteroatoms. The van der Waals surface area contributed by atoms with E-state index in [0.717, 1.165) is 43.6 Å². The van der Waals surface area contributed by atoms with Crippen molar-refractivity contribution in [1.82, 2.24) is 29.9 Å². The van der Waals surface area contributed by atoms with Crippen molar-refractivity contribution in [3.05, 3.63) is 89.8 Å². The third kappa shape index (κ3) is 6.02. The molecule has 0 bridgehead atoms. The number of nitrogens with zero attached hydrogens (tertiary/aromatic N) is 5. The average molecular weight is 471 g/mol. The van der Waals surface area contributed by atoms with Gasteiger partial charge in [-0.3, -0.25) is 9.69 Å². The van der Waals surface area contributed by atoms with E-state index in [2.05, 4.69) is 50.5 Å². The molecule has 1 aliphatic heterocycles. The van der Waals surface area contributed by atoms with E-state index in [-0.39, 0.29) is 11.8 Å². The summed E-state index contributed by atoms with van der Waals surface area (Å²) >= 11 is 0. The zero-order valence-electron chi connectivity index (χ0n) is 19.9. The first-order chi connectivity index (χ1) is 17.1. The van der Waals surface area contributed by atoms with E-state index in [4.69, 9.17) is 4.52 Å². The molecule has 0 saturated carbocycles. The average Bonchev–Trinajstić information content (AvgIpc) is 3.56. The molecule has 0 atom stereocenters. The lowest BCUT2D eigenvalue weighted by atomic mass is 9.96. The quantitative estimate of drug-likeness (QED) is 0.421. The zero-order valence-corrected chi connectivity index (χ0v) is 19.9. The fourth-order valence-electron chi connectivity index (χ4n) is 4.45. The smallest absolute Gasteiger partial charge is 0.241 e. The van der Waals surface area contributed by atoms with Gasteiger partial charge in [-0.15, -0.1) is 0 Å². The van der Waals surface area contributed by atoms with Crippen LogP contribution in [0.4, 0.5) is 0 Å². The summed E-state index contributed by atoms with van der Waals surface area (Å²) in [5.74, 6) is 1.39. The maximum absolute atomic E-state index is 12.8. The molecule has 0 radical (unpaired) electrons. The summed E-state index contributed by atoms with van der Waals surface area (Å²) in [4.78, 5) is 23.7. The Morgan fingerprint density at radius 3 is 2.66 bits per heavy atom. The highest BCUT2D eigenvalue weighted by Gasteiger charge is 2.26. The number of hydrogen-bond acceptors (Lipinski definition) is 6. The number of amides is 1. The van der Waals surface area contributed by atoms with Crippen molar-refractivity contribution >= 4 is 5.91 Å². The molecule has 1 amide bonds. The predicted octanol–water partition coefficient (Wildman–Crippen LogP) is 3.82. The number of piperidine rings is 1. The second-order valence-corrected chi connectivity index (χ2v) is 9.20. The molecule has 3 heterocycles. The minimum atomic E-state index is 0.0335. The molecule has 1 aliphatic rings. The highest BCUT2D eigenvalue weighted by atomic mass is 16.5. The number of aryl methyl sites for hydroxylation is 1. The van der Waals surface area contributed by atoms with Crippen LogP contribution < -0.4 is 5.32 Å². The number of carbonyl (C=O) groups excluding carboxylic acids is 1. The van der Waals surface area contributed by atoms with Gasteiger partial charge in [0.15, 0.2) is 0 Å². The van der Waals surface area contributed by atoms with Crippen molar-refractivity contribution in [3.63, 3.8) is 0 Å². The van der Waals surface area contributed by atoms with Gasteiger partial charge >= 0.3 is 0 Å². The normalized spacial score (nSPS) is 14.8. The number of imidazole rings is 1. The molecule has 1 saturated heterocycles. The third-order valence-corrected chi connectivity index (χ3v) is 6.48. The number of likely N-dealkylation sites (tertiary alicyclic amines) is 1. The summed E-state index contributed by atoms with van der Waals surface area (Å²) in [6.07, 6.45) is 7.18. The number of aromatic nitrogens is 4. The molecule has 1 N–H and O–H groups in total. The summed E-state index contributed by atoms with van der Waals surface area (Å²) in [5, 5.41) is 7.25. The van der Waals surface area contributed by atoms with E-state index in [0.29, 0.717) is 24.8 Å². The first kappa shape index (κ1) is 23.0. The molecular formula is C27H30N6O2. The molecule has 0 spiro atoms. The van der Waals surface area contributed by atoms with Gasteiger partial charge in [0.05, 0.1) is 12.9 Å². The summed E-state index contributed by atoms with van der Waals surface area (Å²) < 4.78 is 7.50. The van der Waals surface area contributed by atoms with Crippen molar-refractivity contribution < 1.29 is 9.32 Å². The van der Waals surface area contributed by atoms with E-state index < -0.39 is 0 Å². The molecule has 8 nitrogen and oxygen atoms in total. The molecule has 1 fully saturated rings. The van der Waals surface area contributed by atoms with E-state index in [1.54, 1.807) is 6.20 Å². The zero-order chi connectivity index (χ0) is 24.0. The molecule has 35 heavy (non-hydrogen) atoms. The highest BCUT2D eigenvalue weighted by molar-refractivity contribution is 5.78. The monoisotopic (exact) mass is 470 g/mol. The van der Waals surface area contributed by atoms with Gasteiger partial charge in [0.25, 0.3) is 0 Å². The molecular weight excluding hydrogens is 440 g/mol. The molecule has 4 aromatic rings. The van der Waals surface area contributed by atoms with Crippen molar-refractivity contribution in [2.45, 2.75) is 39.4 Å². The minimum absolute atomic E-state index is 0.0335. The van der Waals surface area contributed by atoms with E-state index in [1.165, 1.54) is 11.1 Å². The maximum Gasteiger partial charge on any atom is 0.241 e. The number of rotatable bonds is 8. The minimum Gasteiger partial charge on any atom is -0.352 e. The largest absolute Gasteiger partial charge is 0.352 e. The Bertz CT molecular complexity index is 1240. The van der Waals surface area contributed by atoms with E-state index in [1.807, 2.05) is 47.4 Å². The van der Waals surface area contributed by atoms with Gasteiger partial charge in [-0.2, -0.15) is 4.98 Å². The number of nitrogens with one attached hydrogen (secondary N) is 1. The van der Waals surface area contributed by atoms with Crippen LogP contribution in [-0.4, -0.2) is 43.6 Å². The lowest BCUT2D eigenvalue weighted by Gasteiger charge is -2.30. The van der Waals surface area contributed by atoms with Gasteiger partial charge in [-0.1, -0.05) is 59.3 Å². The number of carbonyl (C=O) groups is 1. The summed E-state index contributed by atoms with van der Waals surface area (Å²) in [6, 6.07) is 16.4.